The average molecular weight is 445 g/mol. The van der Waals surface area contributed by atoms with Crippen LogP contribution in [0, 0.1) is 6.92 Å². The molecule has 0 radical (unpaired) electrons. The minimum atomic E-state index is 0.533. The predicted molar refractivity (Wildman–Crippen MR) is 121 cm³/mol. The molecule has 156 valence electrons. The maximum atomic E-state index is 10.2. The number of halogens is 2. The Bertz CT molecular complexity index is 977. The number of amides is 1. The zero-order valence-corrected chi connectivity index (χ0v) is 18.0. The summed E-state index contributed by atoms with van der Waals surface area (Å²) in [5, 5.41) is 3.69. The first kappa shape index (κ1) is 22.0. The molecule has 1 N–H and O–H groups in total. The molecule has 0 atom stereocenters. The van der Waals surface area contributed by atoms with Gasteiger partial charge >= 0.3 is 0 Å². The molecule has 1 fully saturated rings. The first-order valence-electron chi connectivity index (χ1n) is 9.44. The third-order valence-electron chi connectivity index (χ3n) is 4.49. The highest BCUT2D eigenvalue weighted by molar-refractivity contribution is 6.42. The lowest BCUT2D eigenvalue weighted by Gasteiger charge is -2.28. The van der Waals surface area contributed by atoms with E-state index in [9.17, 15) is 4.79 Å². The molecule has 6 nitrogen and oxygen atoms in total. The molecular formula is C22H22Cl2N4O2. The Kier molecular flexibility index (Phi) is 8.02. The zero-order chi connectivity index (χ0) is 21.3. The topological polar surface area (TPSA) is 67.4 Å². The number of aryl methyl sites for hydroxylation is 1. The van der Waals surface area contributed by atoms with Crippen molar-refractivity contribution >= 4 is 41.0 Å². The molecule has 0 bridgehead atoms. The molecule has 1 aliphatic heterocycles. The van der Waals surface area contributed by atoms with E-state index in [1.54, 1.807) is 12.1 Å². The summed E-state index contributed by atoms with van der Waals surface area (Å²) in [7, 11) is 0. The van der Waals surface area contributed by atoms with E-state index in [2.05, 4.69) is 20.2 Å². The van der Waals surface area contributed by atoms with Crippen molar-refractivity contribution in [3.63, 3.8) is 0 Å². The number of nitrogens with one attached hydrogen (secondary N) is 1. The summed E-state index contributed by atoms with van der Waals surface area (Å²) in [4.78, 5) is 20.7. The van der Waals surface area contributed by atoms with Crippen molar-refractivity contribution in [2.75, 3.05) is 36.5 Å². The third kappa shape index (κ3) is 6.16. The summed E-state index contributed by atoms with van der Waals surface area (Å²) in [6, 6.07) is 15.2. The Labute approximate surface area is 185 Å². The molecule has 0 spiro atoms. The lowest BCUT2D eigenvalue weighted by molar-refractivity contribution is -0.105. The van der Waals surface area contributed by atoms with Gasteiger partial charge in [-0.2, -0.15) is 0 Å². The summed E-state index contributed by atoms with van der Waals surface area (Å²) < 4.78 is 5.28. The van der Waals surface area contributed by atoms with Gasteiger partial charge in [-0.3, -0.25) is 4.79 Å². The molecule has 1 saturated heterocycles. The first-order valence-corrected chi connectivity index (χ1v) is 10.2. The number of carbonyl (C=O) groups excluding carboxylic acids is 1. The van der Waals surface area contributed by atoms with Gasteiger partial charge < -0.3 is 15.0 Å². The highest BCUT2D eigenvalue weighted by atomic mass is 35.5. The number of anilines is 2. The fourth-order valence-corrected chi connectivity index (χ4v) is 3.22. The summed E-state index contributed by atoms with van der Waals surface area (Å²) in [5.41, 5.74) is 4.71. The summed E-state index contributed by atoms with van der Waals surface area (Å²) in [6.45, 7) is 5.35. The van der Waals surface area contributed by atoms with E-state index in [1.807, 2.05) is 43.3 Å². The largest absolute Gasteiger partial charge is 0.378 e. The molecule has 30 heavy (non-hydrogen) atoms. The fourth-order valence-electron chi connectivity index (χ4n) is 2.93. The molecule has 2 heterocycles. The van der Waals surface area contributed by atoms with E-state index < -0.39 is 0 Å². The lowest BCUT2D eigenvalue weighted by atomic mass is 10.1. The molecular weight excluding hydrogens is 423 g/mol. The van der Waals surface area contributed by atoms with Gasteiger partial charge in [-0.1, -0.05) is 29.3 Å². The van der Waals surface area contributed by atoms with Gasteiger partial charge in [0, 0.05) is 35.7 Å². The van der Waals surface area contributed by atoms with Crippen LogP contribution in [0.5, 0.6) is 0 Å². The molecule has 0 unspecified atom stereocenters. The molecule has 1 aromatic heterocycles. The van der Waals surface area contributed by atoms with Crippen molar-refractivity contribution in [2.24, 2.45) is 0 Å². The number of nitrogens with zero attached hydrogens (tertiary/aromatic N) is 3. The Morgan fingerprint density at radius 2 is 1.73 bits per heavy atom. The number of ether oxygens (including phenoxy) is 1. The second kappa shape index (κ2) is 10.9. The number of carbonyl (C=O) groups is 1. The SMILES string of the molecule is Cc1cc(-c2ccc(Cl)c(Cl)c2)ncn1.O=CNc1ccc(N2CCOCC2)cc1. The molecule has 8 heteroatoms. The highest BCUT2D eigenvalue weighted by Crippen LogP contribution is 2.27. The minimum Gasteiger partial charge on any atom is -0.378 e. The Morgan fingerprint density at radius 3 is 2.37 bits per heavy atom. The van der Waals surface area contributed by atoms with Crippen molar-refractivity contribution in [3.8, 4) is 11.3 Å². The molecule has 1 amide bonds. The maximum absolute atomic E-state index is 10.2. The normalized spacial score (nSPS) is 13.2. The number of hydrogen-bond donors (Lipinski definition) is 1. The fraction of sp³-hybridized carbons (Fsp3) is 0.227. The van der Waals surface area contributed by atoms with E-state index in [4.69, 9.17) is 27.9 Å². The molecule has 4 rings (SSSR count). The summed E-state index contributed by atoms with van der Waals surface area (Å²) >= 11 is 11.8. The number of morpholine rings is 1. The Hall–Kier alpha value is -2.67. The number of aromatic nitrogens is 2. The van der Waals surface area contributed by atoms with Crippen molar-refractivity contribution in [2.45, 2.75) is 6.92 Å². The van der Waals surface area contributed by atoms with Gasteiger partial charge in [0.1, 0.15) is 6.33 Å². The van der Waals surface area contributed by atoms with Crippen LogP contribution in [0.1, 0.15) is 5.69 Å². The van der Waals surface area contributed by atoms with Crippen LogP contribution in [-0.2, 0) is 9.53 Å². The second-order valence-electron chi connectivity index (χ2n) is 6.58. The molecule has 3 aromatic rings. The summed E-state index contributed by atoms with van der Waals surface area (Å²) in [6.07, 6.45) is 2.22. The van der Waals surface area contributed by atoms with E-state index in [-0.39, 0.29) is 0 Å². The van der Waals surface area contributed by atoms with E-state index in [1.165, 1.54) is 12.0 Å². The van der Waals surface area contributed by atoms with Crippen molar-refractivity contribution in [1.29, 1.82) is 0 Å². The van der Waals surface area contributed by atoms with Crippen LogP contribution in [0.3, 0.4) is 0 Å². The van der Waals surface area contributed by atoms with E-state index in [0.29, 0.717) is 16.5 Å². The smallest absolute Gasteiger partial charge is 0.211 e. The van der Waals surface area contributed by atoms with Gasteiger partial charge in [-0.15, -0.1) is 0 Å². The van der Waals surface area contributed by atoms with Crippen LogP contribution < -0.4 is 10.2 Å². The minimum absolute atomic E-state index is 0.533. The van der Waals surface area contributed by atoms with Crippen molar-refractivity contribution < 1.29 is 9.53 Å². The standard InChI is InChI=1S/C11H8Cl2N2.C11H14N2O2/c1-7-4-11(15-6-14-7)8-2-3-9(12)10(13)5-8;14-9-12-10-1-3-11(4-2-10)13-5-7-15-8-6-13/h2-6H,1H3;1-4,9H,5-8H2,(H,12,14). The zero-order valence-electron chi connectivity index (χ0n) is 16.5. The molecule has 0 aliphatic carbocycles. The van der Waals surface area contributed by atoms with Gasteiger partial charge in [0.15, 0.2) is 0 Å². The molecule has 2 aromatic carbocycles. The number of benzene rings is 2. The number of hydrogen-bond acceptors (Lipinski definition) is 5. The third-order valence-corrected chi connectivity index (χ3v) is 5.23. The van der Waals surface area contributed by atoms with Crippen LogP contribution in [0.4, 0.5) is 11.4 Å². The quantitative estimate of drug-likeness (QED) is 0.582. The average Bonchev–Trinajstić information content (AvgIpc) is 2.77. The Morgan fingerprint density at radius 1 is 1.00 bits per heavy atom. The van der Waals surface area contributed by atoms with E-state index in [0.717, 1.165) is 48.9 Å². The maximum Gasteiger partial charge on any atom is 0.211 e. The monoisotopic (exact) mass is 444 g/mol. The predicted octanol–water partition coefficient (Wildman–Crippen LogP) is 4.85. The van der Waals surface area contributed by atoms with Crippen LogP contribution in [0.25, 0.3) is 11.3 Å². The van der Waals surface area contributed by atoms with E-state index >= 15 is 0 Å². The Balaban J connectivity index is 0.000000171. The van der Waals surface area contributed by atoms with Gasteiger partial charge in [0.05, 0.1) is 29.0 Å². The van der Waals surface area contributed by atoms with Crippen molar-refractivity contribution in [3.05, 3.63) is 70.6 Å². The van der Waals surface area contributed by atoms with Crippen LogP contribution in [0.2, 0.25) is 10.0 Å². The van der Waals surface area contributed by atoms with Gasteiger partial charge in [-0.05, 0) is 49.4 Å². The highest BCUT2D eigenvalue weighted by Gasteiger charge is 2.10. The first-order chi connectivity index (χ1) is 14.6. The second-order valence-corrected chi connectivity index (χ2v) is 7.40. The molecule has 1 aliphatic rings. The van der Waals surface area contributed by atoms with Crippen molar-refractivity contribution in [1.82, 2.24) is 9.97 Å². The number of rotatable bonds is 4. The lowest BCUT2D eigenvalue weighted by Crippen LogP contribution is -2.36. The van der Waals surface area contributed by atoms with Gasteiger partial charge in [0.25, 0.3) is 0 Å². The molecule has 0 saturated carbocycles. The summed E-state index contributed by atoms with van der Waals surface area (Å²) in [5.74, 6) is 0. The van der Waals surface area contributed by atoms with Crippen LogP contribution in [-0.4, -0.2) is 42.7 Å². The van der Waals surface area contributed by atoms with Crippen LogP contribution >= 0.6 is 23.2 Å². The van der Waals surface area contributed by atoms with Gasteiger partial charge in [-0.25, -0.2) is 9.97 Å². The van der Waals surface area contributed by atoms with Gasteiger partial charge in [0.2, 0.25) is 6.41 Å². The van der Waals surface area contributed by atoms with Crippen LogP contribution in [0.15, 0.2) is 54.9 Å².